The smallest absolute Gasteiger partial charge is 0.241 e. The Balaban J connectivity index is 0.00000361. The van der Waals surface area contributed by atoms with Crippen LogP contribution in [0.15, 0.2) is 23.3 Å². The Labute approximate surface area is 137 Å². The predicted molar refractivity (Wildman–Crippen MR) is 91.3 cm³/mol. The molecular formula is C13H22IN5O. The molecule has 0 aliphatic carbocycles. The van der Waals surface area contributed by atoms with E-state index in [0.29, 0.717) is 12.5 Å². The number of amides is 1. The molecule has 1 aromatic rings. The molecule has 0 aromatic carbocycles. The summed E-state index contributed by atoms with van der Waals surface area (Å²) in [6.07, 6.45) is 1.76. The fourth-order valence-corrected chi connectivity index (χ4v) is 1.41. The van der Waals surface area contributed by atoms with E-state index in [2.05, 4.69) is 20.6 Å². The molecule has 0 bridgehead atoms. The Morgan fingerprint density at radius 2 is 2.10 bits per heavy atom. The van der Waals surface area contributed by atoms with Crippen LogP contribution < -0.4 is 10.6 Å². The number of nitrogens with one attached hydrogen (secondary N) is 2. The summed E-state index contributed by atoms with van der Waals surface area (Å²) in [6.45, 7) is 2.80. The maximum Gasteiger partial charge on any atom is 0.241 e. The molecule has 20 heavy (non-hydrogen) atoms. The maximum absolute atomic E-state index is 11.5. The fraction of sp³-hybridized carbons (Fsp3) is 0.462. The summed E-state index contributed by atoms with van der Waals surface area (Å²) in [6, 6.07) is 3.91. The van der Waals surface area contributed by atoms with Gasteiger partial charge >= 0.3 is 0 Å². The lowest BCUT2D eigenvalue weighted by atomic mass is 10.2. The molecule has 0 saturated carbocycles. The van der Waals surface area contributed by atoms with E-state index in [1.54, 1.807) is 27.3 Å². The van der Waals surface area contributed by atoms with Crippen molar-refractivity contribution in [1.29, 1.82) is 0 Å². The highest BCUT2D eigenvalue weighted by Gasteiger charge is 2.06. The minimum absolute atomic E-state index is 0. The van der Waals surface area contributed by atoms with Gasteiger partial charge in [-0.15, -0.1) is 24.0 Å². The Morgan fingerprint density at radius 1 is 1.40 bits per heavy atom. The molecule has 112 valence electrons. The van der Waals surface area contributed by atoms with Gasteiger partial charge in [-0.2, -0.15) is 0 Å². The first-order valence-electron chi connectivity index (χ1n) is 6.09. The van der Waals surface area contributed by atoms with Gasteiger partial charge in [0.15, 0.2) is 5.96 Å². The van der Waals surface area contributed by atoms with Crippen molar-refractivity contribution in [2.45, 2.75) is 13.5 Å². The molecule has 1 rings (SSSR count). The van der Waals surface area contributed by atoms with Crippen LogP contribution in [-0.2, 0) is 11.3 Å². The number of hydrogen-bond donors (Lipinski definition) is 2. The molecule has 7 heteroatoms. The zero-order valence-corrected chi connectivity index (χ0v) is 14.6. The van der Waals surface area contributed by atoms with Crippen LogP contribution in [0.5, 0.6) is 0 Å². The molecule has 2 N–H and O–H groups in total. The van der Waals surface area contributed by atoms with Gasteiger partial charge in [0.1, 0.15) is 0 Å². The molecule has 0 aliphatic rings. The number of nitrogens with zero attached hydrogens (tertiary/aromatic N) is 3. The number of guanidine groups is 1. The Bertz CT molecular complexity index is 462. The number of halogens is 1. The molecule has 1 amide bonds. The van der Waals surface area contributed by atoms with Gasteiger partial charge in [0.2, 0.25) is 5.91 Å². The lowest BCUT2D eigenvalue weighted by Crippen LogP contribution is -2.42. The number of aromatic nitrogens is 1. The van der Waals surface area contributed by atoms with Crippen molar-refractivity contribution < 1.29 is 4.79 Å². The largest absolute Gasteiger partial charge is 0.351 e. The Hall–Kier alpha value is -1.38. The molecule has 1 aromatic heterocycles. The standard InChI is InChI=1S/C13H21N5O.HI/c1-10-6-5-7-15-11(10)8-16-13(14-2)17-9-12(19)18(3)4;/h5-7H,8-9H2,1-4H3,(H2,14,16,17);1H. The van der Waals surface area contributed by atoms with Crippen molar-refractivity contribution in [1.82, 2.24) is 20.5 Å². The summed E-state index contributed by atoms with van der Waals surface area (Å²) >= 11 is 0. The zero-order valence-electron chi connectivity index (χ0n) is 12.3. The van der Waals surface area contributed by atoms with Crippen molar-refractivity contribution in [2.75, 3.05) is 27.7 Å². The third-order valence-electron chi connectivity index (χ3n) is 2.67. The minimum Gasteiger partial charge on any atom is -0.351 e. The first-order valence-corrected chi connectivity index (χ1v) is 6.09. The van der Waals surface area contributed by atoms with Gasteiger partial charge in [-0.3, -0.25) is 14.8 Å². The summed E-state index contributed by atoms with van der Waals surface area (Å²) in [5.74, 6) is 0.581. The van der Waals surface area contributed by atoms with Crippen LogP contribution >= 0.6 is 24.0 Å². The minimum atomic E-state index is -0.00281. The molecule has 1 heterocycles. The number of carbonyl (C=O) groups is 1. The molecule has 0 aliphatic heterocycles. The van der Waals surface area contributed by atoms with Crippen LogP contribution in [-0.4, -0.2) is 49.4 Å². The van der Waals surface area contributed by atoms with Crippen LogP contribution in [0.25, 0.3) is 0 Å². The van der Waals surface area contributed by atoms with Crippen LogP contribution in [0.3, 0.4) is 0 Å². The first-order chi connectivity index (χ1) is 9.04. The van der Waals surface area contributed by atoms with E-state index in [1.165, 1.54) is 4.90 Å². The highest BCUT2D eigenvalue weighted by atomic mass is 127. The van der Waals surface area contributed by atoms with Crippen molar-refractivity contribution in [3.05, 3.63) is 29.6 Å². The van der Waals surface area contributed by atoms with E-state index >= 15 is 0 Å². The van der Waals surface area contributed by atoms with Gasteiger partial charge in [-0.25, -0.2) is 0 Å². The second-order valence-electron chi connectivity index (χ2n) is 4.33. The van der Waals surface area contributed by atoms with E-state index in [1.807, 2.05) is 19.1 Å². The number of hydrogen-bond acceptors (Lipinski definition) is 3. The van der Waals surface area contributed by atoms with Crippen molar-refractivity contribution in [3.8, 4) is 0 Å². The summed E-state index contributed by atoms with van der Waals surface area (Å²) in [4.78, 5) is 21.3. The number of carbonyl (C=O) groups excluding carboxylic acids is 1. The summed E-state index contributed by atoms with van der Waals surface area (Å²) in [5.41, 5.74) is 2.08. The monoisotopic (exact) mass is 391 g/mol. The van der Waals surface area contributed by atoms with Crippen molar-refractivity contribution in [2.24, 2.45) is 4.99 Å². The lowest BCUT2D eigenvalue weighted by molar-refractivity contribution is -0.127. The Kier molecular flexibility index (Phi) is 8.86. The fourth-order valence-electron chi connectivity index (χ4n) is 1.41. The van der Waals surface area contributed by atoms with E-state index in [-0.39, 0.29) is 36.4 Å². The van der Waals surface area contributed by atoms with Gasteiger partial charge in [0.05, 0.1) is 18.8 Å². The number of aliphatic imine (C=N–C) groups is 1. The highest BCUT2D eigenvalue weighted by molar-refractivity contribution is 14.0. The van der Waals surface area contributed by atoms with E-state index in [9.17, 15) is 4.79 Å². The van der Waals surface area contributed by atoms with Crippen LogP contribution in [0.4, 0.5) is 0 Å². The van der Waals surface area contributed by atoms with Gasteiger partial charge in [-0.1, -0.05) is 6.07 Å². The van der Waals surface area contributed by atoms with Crippen LogP contribution in [0.1, 0.15) is 11.3 Å². The quantitative estimate of drug-likeness (QED) is 0.452. The number of likely N-dealkylation sites (N-methyl/N-ethyl adjacent to an activating group) is 1. The third kappa shape index (κ3) is 6.18. The molecule has 0 unspecified atom stereocenters. The van der Waals surface area contributed by atoms with Gasteiger partial charge in [-0.05, 0) is 18.6 Å². The molecule has 0 atom stereocenters. The van der Waals surface area contributed by atoms with E-state index in [0.717, 1.165) is 11.3 Å². The average Bonchev–Trinajstić information content (AvgIpc) is 2.40. The van der Waals surface area contributed by atoms with Crippen molar-refractivity contribution in [3.63, 3.8) is 0 Å². The SMILES string of the molecule is CN=C(NCC(=O)N(C)C)NCc1ncccc1C.I. The van der Waals surface area contributed by atoms with Gasteiger partial charge in [0.25, 0.3) is 0 Å². The van der Waals surface area contributed by atoms with Gasteiger partial charge < -0.3 is 15.5 Å². The van der Waals surface area contributed by atoms with Crippen LogP contribution in [0.2, 0.25) is 0 Å². The average molecular weight is 391 g/mol. The van der Waals surface area contributed by atoms with Gasteiger partial charge in [0, 0.05) is 27.3 Å². The van der Waals surface area contributed by atoms with E-state index < -0.39 is 0 Å². The summed E-state index contributed by atoms with van der Waals surface area (Å²) in [5, 5.41) is 6.09. The molecule has 0 saturated heterocycles. The second kappa shape index (κ2) is 9.51. The number of pyridine rings is 1. The lowest BCUT2D eigenvalue weighted by Gasteiger charge is -2.14. The number of rotatable bonds is 4. The zero-order chi connectivity index (χ0) is 14.3. The van der Waals surface area contributed by atoms with E-state index in [4.69, 9.17) is 0 Å². The maximum atomic E-state index is 11.5. The third-order valence-corrected chi connectivity index (χ3v) is 2.67. The second-order valence-corrected chi connectivity index (χ2v) is 4.33. The molecule has 6 nitrogen and oxygen atoms in total. The molecule has 0 spiro atoms. The van der Waals surface area contributed by atoms with Crippen molar-refractivity contribution >= 4 is 35.8 Å². The number of aryl methyl sites for hydroxylation is 1. The Morgan fingerprint density at radius 3 is 2.65 bits per heavy atom. The molecular weight excluding hydrogens is 369 g/mol. The first kappa shape index (κ1) is 18.6. The van der Waals surface area contributed by atoms with Crippen LogP contribution in [0, 0.1) is 6.92 Å². The molecule has 0 fully saturated rings. The highest BCUT2D eigenvalue weighted by Crippen LogP contribution is 2.01. The predicted octanol–water partition coefficient (Wildman–Crippen LogP) is 0.761. The molecule has 0 radical (unpaired) electrons. The normalized spacial score (nSPS) is 10.5. The summed E-state index contributed by atoms with van der Waals surface area (Å²) < 4.78 is 0. The summed E-state index contributed by atoms with van der Waals surface area (Å²) in [7, 11) is 5.11. The topological polar surface area (TPSA) is 69.6 Å².